The Morgan fingerprint density at radius 2 is 1.31 bits per heavy atom. The van der Waals surface area contributed by atoms with Crippen LogP contribution in [0.15, 0.2) is 0 Å². The van der Waals surface area contributed by atoms with Gasteiger partial charge in [0.05, 0.1) is 52.7 Å². The minimum absolute atomic E-state index is 0.0472. The Hall–Kier alpha value is -1.33. The first-order chi connectivity index (χ1) is 13.5. The predicted molar refractivity (Wildman–Crippen MR) is 107 cm³/mol. The van der Waals surface area contributed by atoms with Crippen LogP contribution in [0, 0.1) is 0 Å². The molecule has 29 heavy (non-hydrogen) atoms. The van der Waals surface area contributed by atoms with Crippen LogP contribution in [0.5, 0.6) is 0 Å². The molecule has 1 rings (SSSR count). The number of hydroxylamine groups is 2. The molecule has 0 saturated carbocycles. The van der Waals surface area contributed by atoms with Crippen molar-refractivity contribution >= 4 is 26.1 Å². The average Bonchev–Trinajstić information content (AvgIpc) is 2.93. The molecule has 1 aliphatic heterocycles. The second kappa shape index (κ2) is 12.4. The third-order valence-corrected chi connectivity index (χ3v) is 9.43. The van der Waals surface area contributed by atoms with Crippen LogP contribution in [0.3, 0.4) is 0 Å². The first-order valence-electron chi connectivity index (χ1n) is 9.98. The zero-order valence-electron chi connectivity index (χ0n) is 18.3. The lowest BCUT2D eigenvalue weighted by atomic mass is 10.2. The Bertz CT molecular complexity index is 531. The third kappa shape index (κ3) is 9.81. The van der Waals surface area contributed by atoms with Crippen molar-refractivity contribution in [1.29, 1.82) is 0 Å². The fourth-order valence-electron chi connectivity index (χ4n) is 2.07. The van der Waals surface area contributed by atoms with E-state index in [1.165, 1.54) is 0 Å². The lowest BCUT2D eigenvalue weighted by molar-refractivity contribution is -0.198. The van der Waals surface area contributed by atoms with Crippen molar-refractivity contribution in [2.45, 2.75) is 58.2 Å². The quantitative estimate of drug-likeness (QED) is 0.233. The zero-order chi connectivity index (χ0) is 21.9. The van der Waals surface area contributed by atoms with Gasteiger partial charge in [-0.2, -0.15) is 0 Å². The van der Waals surface area contributed by atoms with Crippen LogP contribution >= 0.6 is 0 Å². The topological polar surface area (TPSA) is 101 Å². The standard InChI is InChI=1S/C19H35NO8Si/c1-19(2,3)29(4,5)27-15-14-26-13-12-25-11-10-24-9-8-18(23)28-20-16(21)6-7-17(20)22/h6-15H2,1-5H3. The summed E-state index contributed by atoms with van der Waals surface area (Å²) < 4.78 is 22.2. The smallest absolute Gasteiger partial charge is 0.335 e. The van der Waals surface area contributed by atoms with Gasteiger partial charge < -0.3 is 23.5 Å². The number of hydrogen-bond donors (Lipinski definition) is 0. The van der Waals surface area contributed by atoms with E-state index in [4.69, 9.17) is 23.5 Å². The van der Waals surface area contributed by atoms with Crippen LogP contribution in [-0.4, -0.2) is 77.4 Å². The van der Waals surface area contributed by atoms with Gasteiger partial charge in [-0.25, -0.2) is 4.79 Å². The van der Waals surface area contributed by atoms with E-state index in [0.717, 1.165) is 0 Å². The molecule has 0 radical (unpaired) electrons. The number of hydrogen-bond acceptors (Lipinski definition) is 8. The highest BCUT2D eigenvalue weighted by Gasteiger charge is 2.36. The maximum absolute atomic E-state index is 11.6. The van der Waals surface area contributed by atoms with Crippen LogP contribution in [0.1, 0.15) is 40.0 Å². The van der Waals surface area contributed by atoms with Crippen LogP contribution < -0.4 is 0 Å². The van der Waals surface area contributed by atoms with Gasteiger partial charge in [0.2, 0.25) is 0 Å². The van der Waals surface area contributed by atoms with Crippen molar-refractivity contribution in [2.24, 2.45) is 0 Å². The third-order valence-electron chi connectivity index (χ3n) is 4.89. The summed E-state index contributed by atoms with van der Waals surface area (Å²) in [6.45, 7) is 13.9. The number of carbonyl (C=O) groups is 3. The molecule has 0 aliphatic carbocycles. The molecule has 10 heteroatoms. The predicted octanol–water partition coefficient (Wildman–Crippen LogP) is 2.06. The van der Waals surface area contributed by atoms with Crippen molar-refractivity contribution in [3.8, 4) is 0 Å². The van der Waals surface area contributed by atoms with Crippen LogP contribution in [-0.2, 0) is 37.9 Å². The Kier molecular flexibility index (Phi) is 11.0. The lowest BCUT2D eigenvalue weighted by Crippen LogP contribution is -2.41. The molecule has 0 spiro atoms. The molecule has 0 unspecified atom stereocenters. The van der Waals surface area contributed by atoms with Crippen molar-refractivity contribution in [3.05, 3.63) is 0 Å². The summed E-state index contributed by atoms with van der Waals surface area (Å²) >= 11 is 0. The molecule has 9 nitrogen and oxygen atoms in total. The molecule has 1 saturated heterocycles. The summed E-state index contributed by atoms with van der Waals surface area (Å²) in [7, 11) is -1.72. The Balaban J connectivity index is 1.91. The van der Waals surface area contributed by atoms with E-state index in [1.54, 1.807) is 0 Å². The first-order valence-corrected chi connectivity index (χ1v) is 12.9. The van der Waals surface area contributed by atoms with Gasteiger partial charge in [0.25, 0.3) is 11.8 Å². The van der Waals surface area contributed by atoms with E-state index in [2.05, 4.69) is 33.9 Å². The fourth-order valence-corrected chi connectivity index (χ4v) is 3.10. The SMILES string of the molecule is CC(C)(C)[Si](C)(C)OCCOCCOCCOCCC(=O)ON1C(=O)CCC1=O. The molecule has 1 aliphatic rings. The lowest BCUT2D eigenvalue weighted by Gasteiger charge is -2.36. The highest BCUT2D eigenvalue weighted by Crippen LogP contribution is 2.36. The molecule has 1 heterocycles. The minimum Gasteiger partial charge on any atom is -0.414 e. The van der Waals surface area contributed by atoms with Crippen LogP contribution in [0.2, 0.25) is 18.1 Å². The molecule has 0 aromatic carbocycles. The molecule has 168 valence electrons. The molecular formula is C19H35NO8Si. The maximum atomic E-state index is 11.6. The molecule has 1 fully saturated rings. The molecule has 0 atom stereocenters. The summed E-state index contributed by atoms with van der Waals surface area (Å²) in [5.41, 5.74) is 0. The summed E-state index contributed by atoms with van der Waals surface area (Å²) in [4.78, 5) is 38.9. The van der Waals surface area contributed by atoms with Crippen LogP contribution in [0.4, 0.5) is 0 Å². The molecular weight excluding hydrogens is 398 g/mol. The van der Waals surface area contributed by atoms with Gasteiger partial charge in [0.15, 0.2) is 8.32 Å². The van der Waals surface area contributed by atoms with Crippen molar-refractivity contribution in [1.82, 2.24) is 5.06 Å². The van der Waals surface area contributed by atoms with Gasteiger partial charge in [0, 0.05) is 12.8 Å². The summed E-state index contributed by atoms with van der Waals surface area (Å²) in [5.74, 6) is -1.67. The molecule has 0 bridgehead atoms. The van der Waals surface area contributed by atoms with E-state index in [9.17, 15) is 14.4 Å². The van der Waals surface area contributed by atoms with Gasteiger partial charge in [-0.15, -0.1) is 5.06 Å². The maximum Gasteiger partial charge on any atom is 0.335 e. The first kappa shape index (κ1) is 25.7. The number of amides is 2. The van der Waals surface area contributed by atoms with Crippen molar-refractivity contribution < 1.29 is 37.9 Å². The minimum atomic E-state index is -1.72. The van der Waals surface area contributed by atoms with E-state index >= 15 is 0 Å². The van der Waals surface area contributed by atoms with Gasteiger partial charge in [-0.1, -0.05) is 20.8 Å². The monoisotopic (exact) mass is 433 g/mol. The number of rotatable bonds is 14. The molecule has 0 aromatic heterocycles. The zero-order valence-corrected chi connectivity index (χ0v) is 19.3. The van der Waals surface area contributed by atoms with Crippen molar-refractivity contribution in [3.63, 3.8) is 0 Å². The summed E-state index contributed by atoms with van der Waals surface area (Å²) in [6.07, 6.45) is 0.106. The van der Waals surface area contributed by atoms with Gasteiger partial charge in [-0.05, 0) is 18.1 Å². The highest BCUT2D eigenvalue weighted by molar-refractivity contribution is 6.74. The number of imide groups is 1. The number of ether oxygens (including phenoxy) is 3. The number of carbonyl (C=O) groups excluding carboxylic acids is 3. The highest BCUT2D eigenvalue weighted by atomic mass is 28.4. The van der Waals surface area contributed by atoms with Gasteiger partial charge in [-0.3, -0.25) is 9.59 Å². The summed E-state index contributed by atoms with van der Waals surface area (Å²) in [5, 5.41) is 0.721. The van der Waals surface area contributed by atoms with E-state index in [-0.39, 0.29) is 30.9 Å². The van der Waals surface area contributed by atoms with Crippen molar-refractivity contribution in [2.75, 3.05) is 46.2 Å². The second-order valence-electron chi connectivity index (χ2n) is 8.24. The van der Waals surface area contributed by atoms with E-state index in [1.807, 2.05) is 0 Å². The summed E-state index contributed by atoms with van der Waals surface area (Å²) in [6, 6.07) is 0. The second-order valence-corrected chi connectivity index (χ2v) is 13.1. The van der Waals surface area contributed by atoms with E-state index < -0.39 is 26.1 Å². The van der Waals surface area contributed by atoms with Crippen LogP contribution in [0.25, 0.3) is 0 Å². The fraction of sp³-hybridized carbons (Fsp3) is 0.842. The Morgan fingerprint density at radius 1 is 0.862 bits per heavy atom. The largest absolute Gasteiger partial charge is 0.414 e. The molecule has 2 amide bonds. The average molecular weight is 434 g/mol. The van der Waals surface area contributed by atoms with Gasteiger partial charge >= 0.3 is 5.97 Å². The Labute approximate surface area is 174 Å². The molecule has 0 N–H and O–H groups in total. The van der Waals surface area contributed by atoms with E-state index in [0.29, 0.717) is 44.7 Å². The normalized spacial score (nSPS) is 15.3. The Morgan fingerprint density at radius 3 is 1.79 bits per heavy atom. The van der Waals surface area contributed by atoms with Gasteiger partial charge in [0.1, 0.15) is 0 Å². The number of nitrogens with zero attached hydrogens (tertiary/aromatic N) is 1. The molecule has 0 aromatic rings.